The molecule has 0 saturated heterocycles. The zero-order valence-corrected chi connectivity index (χ0v) is 9.76. The molecule has 2 aliphatic rings. The van der Waals surface area contributed by atoms with Gasteiger partial charge in [0.25, 0.3) is 5.56 Å². The van der Waals surface area contributed by atoms with E-state index in [9.17, 15) is 9.59 Å². The van der Waals surface area contributed by atoms with E-state index in [1.807, 2.05) is 0 Å². The van der Waals surface area contributed by atoms with Crippen LogP contribution in [-0.4, -0.2) is 15.3 Å². The van der Waals surface area contributed by atoms with Gasteiger partial charge < -0.3 is 0 Å². The first-order valence-corrected chi connectivity index (χ1v) is 6.34. The quantitative estimate of drug-likeness (QED) is 0.781. The Morgan fingerprint density at radius 3 is 2.71 bits per heavy atom. The van der Waals surface area contributed by atoms with Gasteiger partial charge in [0, 0.05) is 30.9 Å². The predicted molar refractivity (Wildman–Crippen MR) is 63.0 cm³/mol. The van der Waals surface area contributed by atoms with Gasteiger partial charge in [-0.05, 0) is 25.7 Å². The van der Waals surface area contributed by atoms with Crippen molar-refractivity contribution in [1.29, 1.82) is 0 Å². The highest BCUT2D eigenvalue weighted by Gasteiger charge is 2.27. The largest absolute Gasteiger partial charge is 0.300 e. The summed E-state index contributed by atoms with van der Waals surface area (Å²) in [6.45, 7) is 0. The number of aromatic nitrogens is 2. The molecule has 2 aliphatic carbocycles. The summed E-state index contributed by atoms with van der Waals surface area (Å²) >= 11 is 0. The van der Waals surface area contributed by atoms with Gasteiger partial charge in [0.15, 0.2) is 0 Å². The molecule has 0 aliphatic heterocycles. The zero-order chi connectivity index (χ0) is 11.8. The van der Waals surface area contributed by atoms with E-state index in [1.165, 1.54) is 0 Å². The van der Waals surface area contributed by atoms with Crippen molar-refractivity contribution in [3.63, 3.8) is 0 Å². The molecule has 0 amide bonds. The maximum absolute atomic E-state index is 12.0. The summed E-state index contributed by atoms with van der Waals surface area (Å²) in [7, 11) is 0. The first kappa shape index (κ1) is 10.7. The topological polar surface area (TPSA) is 52.0 Å². The molecule has 90 valence electrons. The van der Waals surface area contributed by atoms with E-state index < -0.39 is 0 Å². The van der Waals surface area contributed by atoms with Gasteiger partial charge >= 0.3 is 0 Å². The maximum atomic E-state index is 12.0. The van der Waals surface area contributed by atoms with Crippen LogP contribution in [0.15, 0.2) is 17.2 Å². The molecule has 17 heavy (non-hydrogen) atoms. The standard InChI is InChI=1S/C13H16N2O2/c16-11-3-1-2-10(6-11)15-8-14-12(7-13(15)17)9-4-5-9/h7-10H,1-6H2. The first-order chi connectivity index (χ1) is 8.24. The van der Waals surface area contributed by atoms with Crippen LogP contribution < -0.4 is 5.56 Å². The normalized spacial score (nSPS) is 24.9. The van der Waals surface area contributed by atoms with E-state index in [2.05, 4.69) is 4.98 Å². The molecule has 1 heterocycles. The third-order valence-electron chi connectivity index (χ3n) is 3.70. The number of hydrogen-bond acceptors (Lipinski definition) is 3. The smallest absolute Gasteiger partial charge is 0.253 e. The van der Waals surface area contributed by atoms with E-state index in [-0.39, 0.29) is 17.4 Å². The Hall–Kier alpha value is -1.45. The van der Waals surface area contributed by atoms with Gasteiger partial charge in [-0.3, -0.25) is 14.2 Å². The van der Waals surface area contributed by atoms with E-state index in [0.717, 1.165) is 31.4 Å². The molecule has 1 aromatic heterocycles. The van der Waals surface area contributed by atoms with Crippen molar-refractivity contribution < 1.29 is 4.79 Å². The molecule has 4 nitrogen and oxygen atoms in total. The molecule has 1 aromatic rings. The van der Waals surface area contributed by atoms with Crippen molar-refractivity contribution in [3.05, 3.63) is 28.4 Å². The average molecular weight is 232 g/mol. The second-order valence-corrected chi connectivity index (χ2v) is 5.12. The summed E-state index contributed by atoms with van der Waals surface area (Å²) < 4.78 is 1.64. The molecule has 0 spiro atoms. The molecular weight excluding hydrogens is 216 g/mol. The predicted octanol–water partition coefficient (Wildman–Crippen LogP) is 1.80. The van der Waals surface area contributed by atoms with E-state index >= 15 is 0 Å². The van der Waals surface area contributed by atoms with Crippen LogP contribution in [0, 0.1) is 0 Å². The summed E-state index contributed by atoms with van der Waals surface area (Å²) in [6, 6.07) is 1.68. The minimum absolute atomic E-state index is 0.00148. The van der Waals surface area contributed by atoms with Crippen LogP contribution in [0.1, 0.15) is 56.2 Å². The zero-order valence-electron chi connectivity index (χ0n) is 9.76. The fourth-order valence-electron chi connectivity index (χ4n) is 2.54. The Bertz CT molecular complexity index is 502. The van der Waals surface area contributed by atoms with E-state index in [1.54, 1.807) is 17.0 Å². The third-order valence-corrected chi connectivity index (χ3v) is 3.70. The van der Waals surface area contributed by atoms with Gasteiger partial charge in [-0.15, -0.1) is 0 Å². The molecule has 0 bridgehead atoms. The molecule has 1 unspecified atom stereocenters. The number of carbonyl (C=O) groups excluding carboxylic acids is 1. The summed E-state index contributed by atoms with van der Waals surface area (Å²) in [5, 5.41) is 0. The Balaban J connectivity index is 1.86. The first-order valence-electron chi connectivity index (χ1n) is 6.34. The van der Waals surface area contributed by atoms with Crippen LogP contribution in [0.4, 0.5) is 0 Å². The SMILES string of the molecule is O=C1CCCC(n2cnc(C3CC3)cc2=O)C1. The second-order valence-electron chi connectivity index (χ2n) is 5.12. The lowest BCUT2D eigenvalue weighted by Crippen LogP contribution is -2.28. The minimum Gasteiger partial charge on any atom is -0.300 e. The summed E-state index contributed by atoms with van der Waals surface area (Å²) in [5.41, 5.74) is 0.926. The Labute approximate surface area is 99.7 Å². The van der Waals surface area contributed by atoms with Gasteiger partial charge in [0.1, 0.15) is 5.78 Å². The van der Waals surface area contributed by atoms with Crippen LogP contribution >= 0.6 is 0 Å². The lowest BCUT2D eigenvalue weighted by atomic mass is 9.94. The molecule has 2 fully saturated rings. The number of hydrogen-bond donors (Lipinski definition) is 0. The third kappa shape index (κ3) is 2.16. The van der Waals surface area contributed by atoms with Crippen molar-refractivity contribution in [2.45, 2.75) is 50.5 Å². The van der Waals surface area contributed by atoms with E-state index in [0.29, 0.717) is 18.8 Å². The fourth-order valence-corrected chi connectivity index (χ4v) is 2.54. The number of carbonyl (C=O) groups is 1. The molecule has 0 N–H and O–H groups in total. The molecule has 4 heteroatoms. The maximum Gasteiger partial charge on any atom is 0.253 e. The fraction of sp³-hybridized carbons (Fsp3) is 0.615. The van der Waals surface area contributed by atoms with Gasteiger partial charge in [-0.25, -0.2) is 4.98 Å². The monoisotopic (exact) mass is 232 g/mol. The van der Waals surface area contributed by atoms with Gasteiger partial charge in [0.2, 0.25) is 0 Å². The molecule has 2 saturated carbocycles. The highest BCUT2D eigenvalue weighted by molar-refractivity contribution is 5.79. The lowest BCUT2D eigenvalue weighted by Gasteiger charge is -2.22. The number of ketones is 1. The lowest BCUT2D eigenvalue weighted by molar-refractivity contribution is -0.121. The Morgan fingerprint density at radius 1 is 1.24 bits per heavy atom. The van der Waals surface area contributed by atoms with Crippen LogP contribution in [0.25, 0.3) is 0 Å². The summed E-state index contributed by atoms with van der Waals surface area (Å²) in [5.74, 6) is 0.768. The molecule has 0 aromatic carbocycles. The van der Waals surface area contributed by atoms with Crippen molar-refractivity contribution in [1.82, 2.24) is 9.55 Å². The van der Waals surface area contributed by atoms with Gasteiger partial charge in [-0.2, -0.15) is 0 Å². The number of Topliss-reactive ketones (excluding diaryl/α,β-unsaturated/α-hetero) is 1. The highest BCUT2D eigenvalue weighted by Crippen LogP contribution is 2.38. The average Bonchev–Trinajstić information content (AvgIpc) is 3.12. The molecule has 0 radical (unpaired) electrons. The molecular formula is C13H16N2O2. The van der Waals surface area contributed by atoms with Crippen LogP contribution in [0.2, 0.25) is 0 Å². The van der Waals surface area contributed by atoms with Crippen LogP contribution in [0.5, 0.6) is 0 Å². The van der Waals surface area contributed by atoms with Crippen molar-refractivity contribution in [3.8, 4) is 0 Å². The number of nitrogens with zero attached hydrogens (tertiary/aromatic N) is 2. The van der Waals surface area contributed by atoms with Crippen molar-refractivity contribution >= 4 is 5.78 Å². The summed E-state index contributed by atoms with van der Waals surface area (Å²) in [6.07, 6.45) is 6.90. The van der Waals surface area contributed by atoms with Crippen LogP contribution in [0.3, 0.4) is 0 Å². The summed E-state index contributed by atoms with van der Waals surface area (Å²) in [4.78, 5) is 27.8. The number of rotatable bonds is 2. The molecule has 1 atom stereocenters. The van der Waals surface area contributed by atoms with E-state index in [4.69, 9.17) is 0 Å². The van der Waals surface area contributed by atoms with Crippen LogP contribution in [-0.2, 0) is 4.79 Å². The van der Waals surface area contributed by atoms with Gasteiger partial charge in [-0.1, -0.05) is 0 Å². The second kappa shape index (κ2) is 4.09. The molecule has 3 rings (SSSR count). The van der Waals surface area contributed by atoms with Crippen molar-refractivity contribution in [2.24, 2.45) is 0 Å². The Morgan fingerprint density at radius 2 is 2.06 bits per heavy atom. The minimum atomic E-state index is 0.00148. The van der Waals surface area contributed by atoms with Crippen molar-refractivity contribution in [2.75, 3.05) is 0 Å². The Kier molecular flexibility index (Phi) is 2.57. The highest BCUT2D eigenvalue weighted by atomic mass is 16.1. The van der Waals surface area contributed by atoms with Gasteiger partial charge in [0.05, 0.1) is 12.0 Å².